The lowest BCUT2D eigenvalue weighted by Crippen LogP contribution is -1.90. The van der Waals surface area contributed by atoms with Gasteiger partial charge in [0.25, 0.3) is 0 Å². The van der Waals surface area contributed by atoms with Crippen LogP contribution in [0, 0.1) is 11.8 Å². The van der Waals surface area contributed by atoms with Gasteiger partial charge >= 0.3 is 5.97 Å². The highest BCUT2D eigenvalue weighted by atomic mass is 35.5. The summed E-state index contributed by atoms with van der Waals surface area (Å²) >= 11 is 5.54. The zero-order valence-electron chi connectivity index (χ0n) is 6.62. The average Bonchev–Trinajstić information content (AvgIpc) is 2.08. The predicted molar refractivity (Wildman–Crippen MR) is 48.4 cm³/mol. The summed E-state index contributed by atoms with van der Waals surface area (Å²) in [6.45, 7) is 0. The van der Waals surface area contributed by atoms with Crippen molar-refractivity contribution in [2.24, 2.45) is 0 Å². The molecule has 0 fully saturated rings. The zero-order valence-corrected chi connectivity index (χ0v) is 7.38. The Kier molecular flexibility index (Phi) is 3.30. The van der Waals surface area contributed by atoms with Crippen molar-refractivity contribution in [3.05, 3.63) is 29.0 Å². The molecule has 1 rings (SSSR count). The zero-order chi connectivity index (χ0) is 9.68. The molecule has 1 N–H and O–H groups in total. The normalized spacial score (nSPS) is 8.69. The molecule has 0 spiro atoms. The van der Waals surface area contributed by atoms with Crippen molar-refractivity contribution in [2.75, 3.05) is 0 Å². The fourth-order valence-corrected chi connectivity index (χ4v) is 0.783. The molecule has 0 aliphatic carbocycles. The number of rotatable bonds is 1. The average molecular weight is 196 g/mol. The van der Waals surface area contributed by atoms with Crippen molar-refractivity contribution in [1.29, 1.82) is 0 Å². The summed E-state index contributed by atoms with van der Waals surface area (Å²) < 4.78 is 0. The van der Waals surface area contributed by atoms with E-state index < -0.39 is 5.97 Å². The van der Waals surface area contributed by atoms with Gasteiger partial charge in [0.15, 0.2) is 0 Å². The third kappa shape index (κ3) is 3.59. The molecule has 0 amide bonds. The van der Waals surface area contributed by atoms with Crippen LogP contribution in [0.15, 0.2) is 18.3 Å². The highest BCUT2D eigenvalue weighted by Crippen LogP contribution is 2.03. The molecule has 0 bridgehead atoms. The summed E-state index contributed by atoms with van der Waals surface area (Å²) in [6, 6.07) is 3.29. The summed E-state index contributed by atoms with van der Waals surface area (Å²) in [7, 11) is 0. The number of aliphatic carboxylic acids is 1. The van der Waals surface area contributed by atoms with Gasteiger partial charge in [0.05, 0.1) is 0 Å². The second-order valence-electron chi connectivity index (χ2n) is 2.24. The topological polar surface area (TPSA) is 50.2 Å². The Bertz CT molecular complexity index is 361. The standard InChI is InChI=1S/C9H6ClNO2/c10-8-5-4-7(6-11-8)2-1-3-9(12)13/h4-6H,3H2,(H,12,13). The number of pyridine rings is 1. The van der Waals surface area contributed by atoms with Gasteiger partial charge < -0.3 is 5.11 Å². The monoisotopic (exact) mass is 195 g/mol. The summed E-state index contributed by atoms with van der Waals surface area (Å²) in [5.74, 6) is 4.20. The molecule has 1 aromatic heterocycles. The van der Waals surface area contributed by atoms with E-state index in [1.807, 2.05) is 0 Å². The Hall–Kier alpha value is -1.53. The van der Waals surface area contributed by atoms with Gasteiger partial charge in [-0.05, 0) is 12.1 Å². The first-order valence-corrected chi connectivity index (χ1v) is 3.88. The van der Waals surface area contributed by atoms with Crippen molar-refractivity contribution in [3.63, 3.8) is 0 Å². The Morgan fingerprint density at radius 3 is 2.92 bits per heavy atom. The highest BCUT2D eigenvalue weighted by molar-refractivity contribution is 6.29. The lowest BCUT2D eigenvalue weighted by atomic mass is 10.3. The fraction of sp³-hybridized carbons (Fsp3) is 0.111. The molecule has 0 unspecified atom stereocenters. The van der Waals surface area contributed by atoms with Gasteiger partial charge in [0.1, 0.15) is 11.6 Å². The van der Waals surface area contributed by atoms with E-state index >= 15 is 0 Å². The first-order valence-electron chi connectivity index (χ1n) is 3.50. The summed E-state index contributed by atoms with van der Waals surface area (Å²) in [5.41, 5.74) is 0.658. The van der Waals surface area contributed by atoms with Crippen LogP contribution in [0.25, 0.3) is 0 Å². The molecular weight excluding hydrogens is 190 g/mol. The minimum atomic E-state index is -0.936. The Balaban J connectivity index is 2.67. The van der Waals surface area contributed by atoms with Gasteiger partial charge in [-0.25, -0.2) is 4.98 Å². The van der Waals surface area contributed by atoms with Crippen LogP contribution in [0.3, 0.4) is 0 Å². The molecule has 4 heteroatoms. The molecule has 0 aromatic carbocycles. The van der Waals surface area contributed by atoms with Crippen molar-refractivity contribution < 1.29 is 9.90 Å². The minimum absolute atomic E-state index is 0.164. The minimum Gasteiger partial charge on any atom is -0.481 e. The highest BCUT2D eigenvalue weighted by Gasteiger charge is 1.90. The Morgan fingerprint density at radius 2 is 2.38 bits per heavy atom. The van der Waals surface area contributed by atoms with Gasteiger partial charge in [-0.1, -0.05) is 23.4 Å². The maximum atomic E-state index is 10.1. The fourth-order valence-electron chi connectivity index (χ4n) is 0.672. The van der Waals surface area contributed by atoms with Gasteiger partial charge in [0.2, 0.25) is 0 Å². The first kappa shape index (κ1) is 9.56. The second-order valence-corrected chi connectivity index (χ2v) is 2.63. The number of halogens is 1. The van der Waals surface area contributed by atoms with Gasteiger partial charge in [0, 0.05) is 11.8 Å². The van der Waals surface area contributed by atoms with Crippen LogP contribution < -0.4 is 0 Å². The van der Waals surface area contributed by atoms with E-state index in [4.69, 9.17) is 16.7 Å². The molecule has 0 saturated heterocycles. The van der Waals surface area contributed by atoms with Gasteiger partial charge in [-0.15, -0.1) is 0 Å². The molecule has 66 valence electrons. The van der Waals surface area contributed by atoms with E-state index in [1.54, 1.807) is 12.1 Å². The summed E-state index contributed by atoms with van der Waals surface area (Å²) in [5, 5.41) is 8.69. The van der Waals surface area contributed by atoms with E-state index in [0.29, 0.717) is 10.7 Å². The molecule has 13 heavy (non-hydrogen) atoms. The number of carbonyl (C=O) groups is 1. The molecule has 0 atom stereocenters. The van der Waals surface area contributed by atoms with Crippen LogP contribution in [-0.2, 0) is 4.79 Å². The van der Waals surface area contributed by atoms with Crippen molar-refractivity contribution in [3.8, 4) is 11.8 Å². The van der Waals surface area contributed by atoms with Crippen molar-refractivity contribution in [2.45, 2.75) is 6.42 Å². The lowest BCUT2D eigenvalue weighted by molar-refractivity contribution is -0.135. The number of aromatic nitrogens is 1. The third-order valence-corrected chi connectivity index (χ3v) is 1.42. The molecule has 0 saturated carbocycles. The van der Waals surface area contributed by atoms with Crippen LogP contribution in [0.4, 0.5) is 0 Å². The molecule has 0 radical (unpaired) electrons. The quantitative estimate of drug-likeness (QED) is 0.547. The molecular formula is C9H6ClNO2. The van der Waals surface area contributed by atoms with E-state index in [1.165, 1.54) is 6.20 Å². The van der Waals surface area contributed by atoms with Crippen LogP contribution in [-0.4, -0.2) is 16.1 Å². The number of carboxylic acid groups (broad SMARTS) is 1. The molecule has 0 aliphatic heterocycles. The largest absolute Gasteiger partial charge is 0.481 e. The number of hydrogen-bond acceptors (Lipinski definition) is 2. The molecule has 1 aromatic rings. The van der Waals surface area contributed by atoms with E-state index in [2.05, 4.69) is 16.8 Å². The second kappa shape index (κ2) is 4.48. The summed E-state index contributed by atoms with van der Waals surface area (Å²) in [4.78, 5) is 13.9. The number of carboxylic acids is 1. The van der Waals surface area contributed by atoms with E-state index in [-0.39, 0.29) is 6.42 Å². The first-order chi connectivity index (χ1) is 6.18. The molecule has 1 heterocycles. The lowest BCUT2D eigenvalue weighted by Gasteiger charge is -1.88. The van der Waals surface area contributed by atoms with Crippen molar-refractivity contribution in [1.82, 2.24) is 4.98 Å². The van der Waals surface area contributed by atoms with Gasteiger partial charge in [-0.3, -0.25) is 4.79 Å². The predicted octanol–water partition coefficient (Wildman–Crippen LogP) is 1.56. The molecule has 0 aliphatic rings. The Morgan fingerprint density at radius 1 is 1.62 bits per heavy atom. The van der Waals surface area contributed by atoms with Crippen LogP contribution in [0.1, 0.15) is 12.0 Å². The van der Waals surface area contributed by atoms with Gasteiger partial charge in [-0.2, -0.15) is 0 Å². The van der Waals surface area contributed by atoms with Crippen LogP contribution in [0.5, 0.6) is 0 Å². The number of nitrogens with zero attached hydrogens (tertiary/aromatic N) is 1. The maximum absolute atomic E-state index is 10.1. The smallest absolute Gasteiger partial charge is 0.315 e. The van der Waals surface area contributed by atoms with Crippen molar-refractivity contribution >= 4 is 17.6 Å². The van der Waals surface area contributed by atoms with Crippen LogP contribution >= 0.6 is 11.6 Å². The molecule has 3 nitrogen and oxygen atoms in total. The number of hydrogen-bond donors (Lipinski definition) is 1. The SMILES string of the molecule is O=C(O)CC#Cc1ccc(Cl)nc1. The van der Waals surface area contributed by atoms with E-state index in [9.17, 15) is 4.79 Å². The third-order valence-electron chi connectivity index (χ3n) is 1.20. The Labute approximate surface area is 80.4 Å². The summed E-state index contributed by atoms with van der Waals surface area (Å²) in [6.07, 6.45) is 1.33. The maximum Gasteiger partial charge on any atom is 0.315 e. The van der Waals surface area contributed by atoms with Crippen LogP contribution in [0.2, 0.25) is 5.15 Å². The van der Waals surface area contributed by atoms with E-state index in [0.717, 1.165) is 0 Å².